The van der Waals surface area contributed by atoms with Crippen LogP contribution in [-0.2, 0) is 9.53 Å². The van der Waals surface area contributed by atoms with E-state index in [9.17, 15) is 28.0 Å². The summed E-state index contributed by atoms with van der Waals surface area (Å²) in [5.74, 6) is -3.13. The number of methoxy groups -OCH3 is 1. The van der Waals surface area contributed by atoms with Gasteiger partial charge >= 0.3 is 12.1 Å². The first-order valence-electron chi connectivity index (χ1n) is 9.71. The smallest absolute Gasteiger partial charge is 0.394 e. The molecule has 0 N–H and O–H groups in total. The Bertz CT molecular complexity index is 1190. The average molecular weight is 483 g/mol. The van der Waals surface area contributed by atoms with Crippen LogP contribution < -0.4 is 10.3 Å². The number of ether oxygens (including phenoxy) is 2. The molecule has 1 atom stereocenters. The van der Waals surface area contributed by atoms with Gasteiger partial charge in [0, 0.05) is 22.2 Å². The lowest BCUT2D eigenvalue weighted by molar-refractivity contribution is -0.156. The number of halogens is 4. The Hall–Kier alpha value is -3.25. The Morgan fingerprint density at radius 3 is 2.36 bits per heavy atom. The highest BCUT2D eigenvalue weighted by Gasteiger charge is 2.36. The predicted molar refractivity (Wildman–Crippen MR) is 118 cm³/mol. The first-order valence-corrected chi connectivity index (χ1v) is 10.1. The molecule has 0 spiro atoms. The summed E-state index contributed by atoms with van der Waals surface area (Å²) < 4.78 is 51.0. The zero-order valence-corrected chi connectivity index (χ0v) is 19.3. The summed E-state index contributed by atoms with van der Waals surface area (Å²) in [5.41, 5.74) is -1.79. The van der Waals surface area contributed by atoms with Crippen molar-refractivity contribution in [1.82, 2.24) is 4.57 Å². The van der Waals surface area contributed by atoms with Gasteiger partial charge in [-0.2, -0.15) is 18.4 Å². The number of nitrogens with zero attached hydrogens (tertiary/aromatic N) is 2. The van der Waals surface area contributed by atoms with Crippen LogP contribution in [-0.4, -0.2) is 29.4 Å². The topological polar surface area (TPSA) is 81.3 Å². The molecule has 0 saturated carbocycles. The fourth-order valence-electron chi connectivity index (χ4n) is 2.82. The molecule has 0 aliphatic rings. The van der Waals surface area contributed by atoms with E-state index >= 15 is 0 Å². The summed E-state index contributed by atoms with van der Waals surface area (Å²) in [6.45, 7) is 5.49. The maximum Gasteiger partial charge on any atom is 0.394 e. The molecule has 0 bridgehead atoms. The molecule has 0 fully saturated rings. The van der Waals surface area contributed by atoms with Crippen LogP contribution in [0.15, 0.2) is 41.3 Å². The number of carbonyl (C=O) groups excluding carboxylic acids is 1. The second-order valence-electron chi connectivity index (χ2n) is 8.15. The van der Waals surface area contributed by atoms with Gasteiger partial charge in [-0.05, 0) is 45.0 Å². The van der Waals surface area contributed by atoms with Crippen molar-refractivity contribution >= 4 is 23.3 Å². The zero-order chi connectivity index (χ0) is 25.1. The van der Waals surface area contributed by atoms with Crippen LogP contribution in [0, 0.1) is 17.2 Å². The van der Waals surface area contributed by atoms with Gasteiger partial charge in [-0.3, -0.25) is 9.36 Å². The van der Waals surface area contributed by atoms with Crippen LogP contribution in [0.25, 0.3) is 16.8 Å². The lowest BCUT2D eigenvalue weighted by Gasteiger charge is -2.23. The molecule has 33 heavy (non-hydrogen) atoms. The van der Waals surface area contributed by atoms with E-state index in [-0.39, 0.29) is 22.4 Å². The highest BCUT2D eigenvalue weighted by atomic mass is 35.5. The molecule has 0 aliphatic heterocycles. The molecule has 0 saturated heterocycles. The number of rotatable bonds is 5. The van der Waals surface area contributed by atoms with E-state index in [1.165, 1.54) is 25.3 Å². The molecule has 2 aromatic rings. The fourth-order valence-corrected chi connectivity index (χ4v) is 2.99. The molecule has 1 heterocycles. The molecular weight excluding hydrogens is 461 g/mol. The minimum Gasteiger partial charge on any atom is -0.495 e. The van der Waals surface area contributed by atoms with E-state index in [2.05, 4.69) is 0 Å². The molecule has 0 radical (unpaired) electrons. The quantitative estimate of drug-likeness (QED) is 0.419. The van der Waals surface area contributed by atoms with Gasteiger partial charge in [-0.25, -0.2) is 4.79 Å². The SMILES string of the molecule is COc1cn(/C(=C\C(C)C(F)(F)F)C(=O)OC(C)(C)C)c(=O)cc1-c1cc(Cl)ccc1C#N. The summed E-state index contributed by atoms with van der Waals surface area (Å²) >= 11 is 6.03. The Kier molecular flexibility index (Phi) is 7.65. The Balaban J connectivity index is 2.78. The number of esters is 1. The number of benzene rings is 1. The number of aromatic nitrogens is 1. The predicted octanol–water partition coefficient (Wildman–Crippen LogP) is 5.43. The third-order valence-electron chi connectivity index (χ3n) is 4.42. The number of carbonyl (C=O) groups is 1. The van der Waals surface area contributed by atoms with Crippen molar-refractivity contribution in [2.45, 2.75) is 39.5 Å². The number of hydrogen-bond acceptors (Lipinski definition) is 5. The van der Waals surface area contributed by atoms with Crippen molar-refractivity contribution in [1.29, 1.82) is 5.26 Å². The molecule has 0 aliphatic carbocycles. The van der Waals surface area contributed by atoms with Crippen LogP contribution in [0.1, 0.15) is 33.3 Å². The van der Waals surface area contributed by atoms with Crippen molar-refractivity contribution in [2.75, 3.05) is 7.11 Å². The number of alkyl halides is 3. The molecular formula is C23H22ClF3N2O4. The van der Waals surface area contributed by atoms with E-state index < -0.39 is 34.9 Å². The minimum absolute atomic E-state index is 0.0301. The molecule has 1 aromatic heterocycles. The molecule has 176 valence electrons. The van der Waals surface area contributed by atoms with Crippen molar-refractivity contribution in [3.8, 4) is 22.9 Å². The van der Waals surface area contributed by atoms with E-state index in [1.54, 1.807) is 20.8 Å². The van der Waals surface area contributed by atoms with Crippen LogP contribution in [0.5, 0.6) is 5.75 Å². The standard InChI is InChI=1S/C23H22ClF3N2O4/c1-13(23(25,26)27)8-18(21(31)33-22(2,3)4)29-12-19(32-5)17(10-20(29)30)16-9-15(24)7-6-14(16)11-28/h6-10,12-13H,1-5H3/b18-8-. The highest BCUT2D eigenvalue weighted by molar-refractivity contribution is 6.31. The Morgan fingerprint density at radius 2 is 1.85 bits per heavy atom. The number of allylic oxidation sites excluding steroid dienone is 1. The molecule has 2 rings (SSSR count). The summed E-state index contributed by atoms with van der Waals surface area (Å²) in [6.07, 6.45) is -2.95. The summed E-state index contributed by atoms with van der Waals surface area (Å²) in [4.78, 5) is 25.7. The first-order chi connectivity index (χ1) is 15.2. The first kappa shape index (κ1) is 26.0. The average Bonchev–Trinajstić information content (AvgIpc) is 2.69. The second kappa shape index (κ2) is 9.71. The van der Waals surface area contributed by atoms with Crippen molar-refractivity contribution in [3.05, 3.63) is 57.5 Å². The molecule has 10 heteroatoms. The molecule has 1 unspecified atom stereocenters. The van der Waals surface area contributed by atoms with E-state index in [1.807, 2.05) is 6.07 Å². The van der Waals surface area contributed by atoms with Crippen LogP contribution in [0.2, 0.25) is 5.02 Å². The highest BCUT2D eigenvalue weighted by Crippen LogP contribution is 2.34. The molecule has 6 nitrogen and oxygen atoms in total. The van der Waals surface area contributed by atoms with E-state index in [0.29, 0.717) is 11.1 Å². The minimum atomic E-state index is -4.65. The van der Waals surface area contributed by atoms with Gasteiger partial charge in [-0.1, -0.05) is 18.5 Å². The van der Waals surface area contributed by atoms with Crippen LogP contribution in [0.3, 0.4) is 0 Å². The molecule has 1 aromatic carbocycles. The van der Waals surface area contributed by atoms with E-state index in [0.717, 1.165) is 23.8 Å². The van der Waals surface area contributed by atoms with Gasteiger partial charge in [0.2, 0.25) is 0 Å². The lowest BCUT2D eigenvalue weighted by Crippen LogP contribution is -2.31. The van der Waals surface area contributed by atoms with Gasteiger partial charge in [-0.15, -0.1) is 0 Å². The van der Waals surface area contributed by atoms with E-state index in [4.69, 9.17) is 21.1 Å². The van der Waals surface area contributed by atoms with Gasteiger partial charge in [0.25, 0.3) is 5.56 Å². The maximum atomic E-state index is 13.2. The van der Waals surface area contributed by atoms with Crippen molar-refractivity contribution in [3.63, 3.8) is 0 Å². The lowest BCUT2D eigenvalue weighted by atomic mass is 10.0. The summed E-state index contributed by atoms with van der Waals surface area (Å²) in [7, 11) is 1.28. The zero-order valence-electron chi connectivity index (χ0n) is 18.6. The largest absolute Gasteiger partial charge is 0.495 e. The van der Waals surface area contributed by atoms with Gasteiger partial charge < -0.3 is 9.47 Å². The third kappa shape index (κ3) is 6.39. The van der Waals surface area contributed by atoms with Crippen molar-refractivity contribution in [2.24, 2.45) is 5.92 Å². The monoisotopic (exact) mass is 482 g/mol. The Labute approximate surface area is 193 Å². The van der Waals surface area contributed by atoms with Crippen LogP contribution >= 0.6 is 11.6 Å². The summed E-state index contributed by atoms with van der Waals surface area (Å²) in [6, 6.07) is 7.45. The maximum absolute atomic E-state index is 13.2. The third-order valence-corrected chi connectivity index (χ3v) is 4.66. The number of pyridine rings is 1. The Morgan fingerprint density at radius 1 is 1.21 bits per heavy atom. The summed E-state index contributed by atoms with van der Waals surface area (Å²) in [5, 5.41) is 9.70. The van der Waals surface area contributed by atoms with Gasteiger partial charge in [0.1, 0.15) is 17.0 Å². The molecule has 0 amide bonds. The normalized spacial score (nSPS) is 13.3. The van der Waals surface area contributed by atoms with Gasteiger partial charge in [0.15, 0.2) is 0 Å². The fraction of sp³-hybridized carbons (Fsp3) is 0.348. The second-order valence-corrected chi connectivity index (χ2v) is 8.59. The van der Waals surface area contributed by atoms with Crippen molar-refractivity contribution < 1.29 is 27.4 Å². The number of hydrogen-bond donors (Lipinski definition) is 0. The van der Waals surface area contributed by atoms with Crippen LogP contribution in [0.4, 0.5) is 13.2 Å². The number of nitriles is 1. The van der Waals surface area contributed by atoms with Gasteiger partial charge in [0.05, 0.1) is 30.9 Å².